The van der Waals surface area contributed by atoms with Gasteiger partial charge in [0.05, 0.1) is 23.7 Å². The quantitative estimate of drug-likeness (QED) is 0.411. The fourth-order valence-corrected chi connectivity index (χ4v) is 4.60. The van der Waals surface area contributed by atoms with Crippen molar-refractivity contribution in [1.82, 2.24) is 24.1 Å². The Morgan fingerprint density at radius 1 is 1.03 bits per heavy atom. The summed E-state index contributed by atoms with van der Waals surface area (Å²) in [5.41, 5.74) is 3.89. The van der Waals surface area contributed by atoms with Crippen molar-refractivity contribution in [3.05, 3.63) is 69.7 Å². The van der Waals surface area contributed by atoms with Crippen LogP contribution in [0.4, 0.5) is 0 Å². The SMILES string of the molecule is Cc1nc2c(c(=O)n1CC1CCCO1)c1nc3ccccc3nc1n2-c1ccc(Cl)cc1. The van der Waals surface area contributed by atoms with Crippen molar-refractivity contribution >= 4 is 44.8 Å². The molecule has 6 rings (SSSR count). The van der Waals surface area contributed by atoms with Gasteiger partial charge in [-0.25, -0.2) is 15.0 Å². The van der Waals surface area contributed by atoms with Gasteiger partial charge in [0, 0.05) is 17.3 Å². The van der Waals surface area contributed by atoms with Crippen molar-refractivity contribution in [3.63, 3.8) is 0 Å². The molecular weight excluding hydrogens is 426 g/mol. The van der Waals surface area contributed by atoms with E-state index in [1.165, 1.54) is 0 Å². The molecule has 1 atom stereocenters. The van der Waals surface area contributed by atoms with E-state index >= 15 is 0 Å². The van der Waals surface area contributed by atoms with E-state index in [-0.39, 0.29) is 11.7 Å². The van der Waals surface area contributed by atoms with Crippen LogP contribution in [-0.4, -0.2) is 36.8 Å². The van der Waals surface area contributed by atoms with E-state index in [4.69, 9.17) is 31.3 Å². The first-order valence-corrected chi connectivity index (χ1v) is 11.0. The third kappa shape index (κ3) is 3.00. The van der Waals surface area contributed by atoms with Gasteiger partial charge >= 0.3 is 0 Å². The number of halogens is 1. The summed E-state index contributed by atoms with van der Waals surface area (Å²) >= 11 is 6.12. The molecule has 1 fully saturated rings. The summed E-state index contributed by atoms with van der Waals surface area (Å²) in [4.78, 5) is 28.3. The summed E-state index contributed by atoms with van der Waals surface area (Å²) in [6.07, 6.45) is 1.99. The molecule has 1 aliphatic heterocycles. The van der Waals surface area contributed by atoms with Crippen molar-refractivity contribution in [2.75, 3.05) is 6.61 Å². The number of nitrogens with zero attached hydrogens (tertiary/aromatic N) is 5. The van der Waals surface area contributed by atoms with Crippen LogP contribution in [0.15, 0.2) is 53.3 Å². The Balaban J connectivity index is 1.71. The summed E-state index contributed by atoms with van der Waals surface area (Å²) in [5.74, 6) is 0.639. The van der Waals surface area contributed by atoms with E-state index in [2.05, 4.69) is 0 Å². The van der Waals surface area contributed by atoms with Gasteiger partial charge in [-0.05, 0) is 56.2 Å². The maximum atomic E-state index is 13.8. The fraction of sp³-hybridized carbons (Fsp3) is 0.250. The Morgan fingerprint density at radius 2 is 1.78 bits per heavy atom. The summed E-state index contributed by atoms with van der Waals surface area (Å²) in [6.45, 7) is 3.08. The minimum atomic E-state index is -0.120. The van der Waals surface area contributed by atoms with Crippen LogP contribution < -0.4 is 5.56 Å². The number of fused-ring (bicyclic) bond motifs is 4. The van der Waals surface area contributed by atoms with E-state index in [9.17, 15) is 4.79 Å². The molecule has 3 aromatic heterocycles. The smallest absolute Gasteiger partial charge is 0.265 e. The fourth-order valence-electron chi connectivity index (χ4n) is 4.47. The van der Waals surface area contributed by atoms with E-state index in [1.54, 1.807) is 4.57 Å². The number of benzene rings is 2. The molecule has 0 aliphatic carbocycles. The van der Waals surface area contributed by atoms with Crippen LogP contribution in [0.2, 0.25) is 5.02 Å². The Hall–Kier alpha value is -3.29. The summed E-state index contributed by atoms with van der Waals surface area (Å²) < 4.78 is 9.38. The molecule has 1 saturated heterocycles. The van der Waals surface area contributed by atoms with Crippen LogP contribution >= 0.6 is 11.6 Å². The van der Waals surface area contributed by atoms with Crippen molar-refractivity contribution in [2.45, 2.75) is 32.4 Å². The summed E-state index contributed by atoms with van der Waals surface area (Å²) in [6, 6.07) is 15.1. The molecule has 0 amide bonds. The second-order valence-electron chi connectivity index (χ2n) is 8.10. The lowest BCUT2D eigenvalue weighted by molar-refractivity contribution is 0.0955. The second-order valence-corrected chi connectivity index (χ2v) is 8.54. The van der Waals surface area contributed by atoms with E-state index in [0.29, 0.717) is 39.6 Å². The minimum absolute atomic E-state index is 0.0298. The van der Waals surface area contributed by atoms with Crippen molar-refractivity contribution in [3.8, 4) is 5.69 Å². The van der Waals surface area contributed by atoms with E-state index < -0.39 is 0 Å². The van der Waals surface area contributed by atoms with Gasteiger partial charge in [0.1, 0.15) is 16.7 Å². The first-order valence-electron chi connectivity index (χ1n) is 10.7. The van der Waals surface area contributed by atoms with Crippen LogP contribution in [0.5, 0.6) is 0 Å². The van der Waals surface area contributed by atoms with Crippen molar-refractivity contribution in [1.29, 1.82) is 0 Å². The van der Waals surface area contributed by atoms with Gasteiger partial charge in [0.25, 0.3) is 5.56 Å². The van der Waals surface area contributed by atoms with Gasteiger partial charge in [-0.1, -0.05) is 23.7 Å². The van der Waals surface area contributed by atoms with Crippen molar-refractivity contribution < 1.29 is 4.74 Å². The molecule has 5 aromatic rings. The van der Waals surface area contributed by atoms with Gasteiger partial charge in [-0.2, -0.15) is 0 Å². The van der Waals surface area contributed by atoms with Gasteiger partial charge in [-0.15, -0.1) is 0 Å². The number of hydrogen-bond donors (Lipinski definition) is 0. The third-order valence-electron chi connectivity index (χ3n) is 6.05. The topological polar surface area (TPSA) is 74.8 Å². The Kier molecular flexibility index (Phi) is 4.48. The zero-order chi connectivity index (χ0) is 21.8. The van der Waals surface area contributed by atoms with Crippen LogP contribution in [0, 0.1) is 6.92 Å². The number of rotatable bonds is 3. The molecule has 160 valence electrons. The number of ether oxygens (including phenoxy) is 1. The first kappa shape index (κ1) is 19.4. The zero-order valence-electron chi connectivity index (χ0n) is 17.5. The highest BCUT2D eigenvalue weighted by Crippen LogP contribution is 2.29. The molecule has 8 heteroatoms. The largest absolute Gasteiger partial charge is 0.376 e. The average molecular weight is 446 g/mol. The lowest BCUT2D eigenvalue weighted by Gasteiger charge is -2.14. The number of aryl methyl sites for hydroxylation is 1. The Morgan fingerprint density at radius 3 is 2.50 bits per heavy atom. The lowest BCUT2D eigenvalue weighted by atomic mass is 10.2. The number of aromatic nitrogens is 5. The molecule has 0 radical (unpaired) electrons. The molecule has 1 aliphatic rings. The van der Waals surface area contributed by atoms with Crippen molar-refractivity contribution in [2.24, 2.45) is 0 Å². The van der Waals surface area contributed by atoms with Crippen LogP contribution in [0.25, 0.3) is 38.9 Å². The second kappa shape index (κ2) is 7.39. The predicted molar refractivity (Wildman–Crippen MR) is 125 cm³/mol. The summed E-state index contributed by atoms with van der Waals surface area (Å²) in [5, 5.41) is 1.10. The molecule has 32 heavy (non-hydrogen) atoms. The highest BCUT2D eigenvalue weighted by atomic mass is 35.5. The highest BCUT2D eigenvalue weighted by molar-refractivity contribution is 6.30. The van der Waals surface area contributed by atoms with E-state index in [0.717, 1.165) is 36.2 Å². The molecule has 7 nitrogen and oxygen atoms in total. The maximum Gasteiger partial charge on any atom is 0.265 e. The minimum Gasteiger partial charge on any atom is -0.376 e. The highest BCUT2D eigenvalue weighted by Gasteiger charge is 2.24. The Labute approximate surface area is 188 Å². The molecule has 1 unspecified atom stereocenters. The van der Waals surface area contributed by atoms with Gasteiger partial charge in [0.2, 0.25) is 0 Å². The Bertz CT molecular complexity index is 1550. The lowest BCUT2D eigenvalue weighted by Crippen LogP contribution is -2.29. The van der Waals surface area contributed by atoms with Gasteiger partial charge in [-0.3, -0.25) is 13.9 Å². The van der Waals surface area contributed by atoms with Gasteiger partial charge < -0.3 is 4.74 Å². The number of hydrogen-bond acceptors (Lipinski definition) is 5. The van der Waals surface area contributed by atoms with Crippen LogP contribution in [0.1, 0.15) is 18.7 Å². The first-order chi connectivity index (χ1) is 15.6. The molecule has 2 aromatic carbocycles. The number of para-hydroxylation sites is 2. The normalized spacial score (nSPS) is 16.5. The molecule has 0 spiro atoms. The van der Waals surface area contributed by atoms with Gasteiger partial charge in [0.15, 0.2) is 11.3 Å². The summed E-state index contributed by atoms with van der Waals surface area (Å²) in [7, 11) is 0. The van der Waals surface area contributed by atoms with Crippen LogP contribution in [0.3, 0.4) is 0 Å². The standard InChI is InChI=1S/C24H20ClN5O2/c1-14-26-22-20(24(31)29(14)13-17-5-4-12-32-17)21-23(28-19-7-3-2-6-18(19)27-21)30(22)16-10-8-15(25)9-11-16/h2-3,6-11,17H,4-5,12-13H2,1H3. The van der Waals surface area contributed by atoms with E-state index in [1.807, 2.05) is 60.0 Å². The molecular formula is C24H20ClN5O2. The molecule has 0 bridgehead atoms. The monoisotopic (exact) mass is 445 g/mol. The molecule has 0 saturated carbocycles. The van der Waals surface area contributed by atoms with Crippen LogP contribution in [-0.2, 0) is 11.3 Å². The maximum absolute atomic E-state index is 13.8. The third-order valence-corrected chi connectivity index (χ3v) is 6.30. The molecule has 0 N–H and O–H groups in total. The average Bonchev–Trinajstić information content (AvgIpc) is 3.41. The molecule has 4 heterocycles. The predicted octanol–water partition coefficient (Wildman–Crippen LogP) is 4.42. The zero-order valence-corrected chi connectivity index (χ0v) is 18.2.